The Morgan fingerprint density at radius 1 is 1.30 bits per heavy atom. The first-order valence-corrected chi connectivity index (χ1v) is 8.26. The quantitative estimate of drug-likeness (QED) is 0.586. The zero-order valence-corrected chi connectivity index (χ0v) is 13.7. The lowest BCUT2D eigenvalue weighted by Gasteiger charge is -2.10. The lowest BCUT2D eigenvalue weighted by molar-refractivity contribution is -0.141. The molecule has 1 N–H and O–H groups in total. The molecule has 2 rings (SSSR count). The second kappa shape index (κ2) is 7.95. The summed E-state index contributed by atoms with van der Waals surface area (Å²) >= 11 is 0. The van der Waals surface area contributed by atoms with Crippen molar-refractivity contribution >= 4 is 11.8 Å². The number of cyclic esters (lactones) is 1. The minimum Gasteiger partial charge on any atom is -0.507 e. The Labute approximate surface area is 137 Å². The molecule has 0 spiro atoms. The van der Waals surface area contributed by atoms with E-state index in [1.165, 1.54) is 0 Å². The summed E-state index contributed by atoms with van der Waals surface area (Å²) in [6.45, 7) is 3.85. The molecule has 1 heterocycles. The highest BCUT2D eigenvalue weighted by Gasteiger charge is 2.39. The predicted molar refractivity (Wildman–Crippen MR) is 88.0 cm³/mol. The predicted octanol–water partition coefficient (Wildman–Crippen LogP) is 3.75. The number of hydrogen-bond donors (Lipinski definition) is 1. The molecule has 1 unspecified atom stereocenters. The lowest BCUT2D eigenvalue weighted by atomic mass is 9.93. The van der Waals surface area contributed by atoms with Crippen LogP contribution < -0.4 is 0 Å². The third kappa shape index (κ3) is 4.21. The van der Waals surface area contributed by atoms with Crippen molar-refractivity contribution in [3.63, 3.8) is 0 Å². The summed E-state index contributed by atoms with van der Waals surface area (Å²) < 4.78 is 5.20. The van der Waals surface area contributed by atoms with Crippen LogP contribution in [0.4, 0.5) is 0 Å². The number of unbranched alkanes of at least 4 members (excludes halogenated alkanes) is 1. The van der Waals surface area contributed by atoms with Gasteiger partial charge in [0.1, 0.15) is 5.57 Å². The molecule has 4 nitrogen and oxygen atoms in total. The summed E-state index contributed by atoms with van der Waals surface area (Å²) in [7, 11) is 0. The molecule has 0 fully saturated rings. The zero-order valence-electron chi connectivity index (χ0n) is 13.7. The molecule has 1 aromatic carbocycles. The van der Waals surface area contributed by atoms with Gasteiger partial charge in [0.25, 0.3) is 0 Å². The number of aliphatic hydroxyl groups excluding tert-OH is 1. The molecule has 1 aliphatic heterocycles. The summed E-state index contributed by atoms with van der Waals surface area (Å²) in [6.07, 6.45) is 3.08. The molecule has 0 aliphatic carbocycles. The van der Waals surface area contributed by atoms with Gasteiger partial charge in [-0.05, 0) is 24.8 Å². The topological polar surface area (TPSA) is 63.6 Å². The van der Waals surface area contributed by atoms with Gasteiger partial charge in [-0.3, -0.25) is 4.79 Å². The Hall–Kier alpha value is -2.10. The third-order valence-corrected chi connectivity index (χ3v) is 4.24. The van der Waals surface area contributed by atoms with Gasteiger partial charge in [-0.1, -0.05) is 57.0 Å². The van der Waals surface area contributed by atoms with Crippen molar-refractivity contribution in [2.75, 3.05) is 0 Å². The number of ether oxygens (including phenoxy) is 1. The Balaban J connectivity index is 2.03. The molecule has 0 saturated carbocycles. The number of aliphatic hydroxyl groups is 1. The molecular weight excluding hydrogens is 292 g/mol. The van der Waals surface area contributed by atoms with Crippen molar-refractivity contribution in [1.82, 2.24) is 0 Å². The smallest absolute Gasteiger partial charge is 0.346 e. The average molecular weight is 316 g/mol. The summed E-state index contributed by atoms with van der Waals surface area (Å²) in [4.78, 5) is 24.3. The van der Waals surface area contributed by atoms with Gasteiger partial charge in [0.2, 0.25) is 0 Å². The Morgan fingerprint density at radius 2 is 2.00 bits per heavy atom. The number of Topliss-reactive ketones (excluding diaryl/α,β-unsaturated/α-hetero) is 1. The van der Waals surface area contributed by atoms with E-state index in [4.69, 9.17) is 4.74 Å². The largest absolute Gasteiger partial charge is 0.507 e. The SMILES string of the molecule is CCCC[C@H](C)C(=O)C1=C(O)C(CCc2ccccc2)OC1=O. The monoisotopic (exact) mass is 316 g/mol. The summed E-state index contributed by atoms with van der Waals surface area (Å²) in [5, 5.41) is 10.3. The molecule has 1 aliphatic rings. The molecule has 0 bridgehead atoms. The maximum atomic E-state index is 12.4. The second-order valence-corrected chi connectivity index (χ2v) is 6.09. The Bertz CT molecular complexity index is 589. The minimum atomic E-state index is -0.708. The van der Waals surface area contributed by atoms with Gasteiger partial charge in [-0.2, -0.15) is 0 Å². The van der Waals surface area contributed by atoms with Crippen LogP contribution in [0.15, 0.2) is 41.7 Å². The van der Waals surface area contributed by atoms with Crippen molar-refractivity contribution in [1.29, 1.82) is 0 Å². The maximum Gasteiger partial charge on any atom is 0.346 e. The number of hydrogen-bond acceptors (Lipinski definition) is 4. The molecule has 0 saturated heterocycles. The standard InChI is InChI=1S/C19H24O4/c1-3-4-8-13(2)17(20)16-18(21)15(23-19(16)22)12-11-14-9-6-5-7-10-14/h5-7,9-10,13,15,21H,3-4,8,11-12H2,1-2H3/t13-,15?/m0/s1. The van der Waals surface area contributed by atoms with E-state index in [9.17, 15) is 14.7 Å². The summed E-state index contributed by atoms with van der Waals surface area (Å²) in [5.74, 6) is -1.45. The van der Waals surface area contributed by atoms with Gasteiger partial charge in [0, 0.05) is 5.92 Å². The third-order valence-electron chi connectivity index (χ3n) is 4.24. The molecule has 2 atom stereocenters. The van der Waals surface area contributed by atoms with Crippen molar-refractivity contribution in [3.8, 4) is 0 Å². The van der Waals surface area contributed by atoms with E-state index in [0.29, 0.717) is 19.3 Å². The van der Waals surface area contributed by atoms with E-state index in [2.05, 4.69) is 6.92 Å². The van der Waals surface area contributed by atoms with Crippen molar-refractivity contribution in [2.45, 2.75) is 52.1 Å². The molecule has 1 aromatic rings. The number of esters is 1. The summed E-state index contributed by atoms with van der Waals surface area (Å²) in [5.41, 5.74) is 0.958. The van der Waals surface area contributed by atoms with Crippen molar-refractivity contribution < 1.29 is 19.4 Å². The first kappa shape index (κ1) is 17.3. The van der Waals surface area contributed by atoms with Crippen LogP contribution in [0.5, 0.6) is 0 Å². The van der Waals surface area contributed by atoms with Gasteiger partial charge < -0.3 is 9.84 Å². The van der Waals surface area contributed by atoms with E-state index in [1.54, 1.807) is 6.92 Å². The second-order valence-electron chi connectivity index (χ2n) is 6.09. The fourth-order valence-electron chi connectivity index (χ4n) is 2.76. The average Bonchev–Trinajstić information content (AvgIpc) is 2.85. The van der Waals surface area contributed by atoms with Gasteiger partial charge in [0.05, 0.1) is 0 Å². The highest BCUT2D eigenvalue weighted by molar-refractivity contribution is 6.19. The summed E-state index contributed by atoms with van der Waals surface area (Å²) in [6, 6.07) is 9.78. The van der Waals surface area contributed by atoms with E-state index in [-0.39, 0.29) is 23.0 Å². The number of rotatable bonds is 8. The number of carbonyl (C=O) groups excluding carboxylic acids is 2. The van der Waals surface area contributed by atoms with E-state index >= 15 is 0 Å². The first-order valence-electron chi connectivity index (χ1n) is 8.26. The van der Waals surface area contributed by atoms with E-state index < -0.39 is 12.1 Å². The first-order chi connectivity index (χ1) is 11.0. The van der Waals surface area contributed by atoms with Gasteiger partial charge in [-0.25, -0.2) is 4.79 Å². The van der Waals surface area contributed by atoms with Crippen LogP contribution in [-0.4, -0.2) is 23.0 Å². The Kier molecular flexibility index (Phi) is 5.97. The number of aryl methyl sites for hydroxylation is 1. The minimum absolute atomic E-state index is 0.147. The van der Waals surface area contributed by atoms with Crippen LogP contribution in [0.2, 0.25) is 0 Å². The van der Waals surface area contributed by atoms with Crippen LogP contribution in [-0.2, 0) is 20.7 Å². The molecule has 124 valence electrons. The fourth-order valence-corrected chi connectivity index (χ4v) is 2.76. The maximum absolute atomic E-state index is 12.4. The van der Waals surface area contributed by atoms with Crippen LogP contribution in [0, 0.1) is 5.92 Å². The van der Waals surface area contributed by atoms with E-state index in [0.717, 1.165) is 18.4 Å². The highest BCUT2D eigenvalue weighted by atomic mass is 16.6. The van der Waals surface area contributed by atoms with Crippen molar-refractivity contribution in [2.24, 2.45) is 5.92 Å². The molecular formula is C19H24O4. The highest BCUT2D eigenvalue weighted by Crippen LogP contribution is 2.28. The number of ketones is 1. The van der Waals surface area contributed by atoms with Crippen LogP contribution in [0.25, 0.3) is 0 Å². The molecule has 0 aromatic heterocycles. The molecule has 4 heteroatoms. The number of carbonyl (C=O) groups is 2. The Morgan fingerprint density at radius 3 is 2.65 bits per heavy atom. The van der Waals surface area contributed by atoms with E-state index in [1.807, 2.05) is 30.3 Å². The van der Waals surface area contributed by atoms with Gasteiger partial charge >= 0.3 is 5.97 Å². The lowest BCUT2D eigenvalue weighted by Crippen LogP contribution is -2.18. The zero-order chi connectivity index (χ0) is 16.8. The van der Waals surface area contributed by atoms with Crippen LogP contribution in [0.3, 0.4) is 0 Å². The van der Waals surface area contributed by atoms with Gasteiger partial charge in [0.15, 0.2) is 17.6 Å². The normalized spacial score (nSPS) is 18.9. The fraction of sp³-hybridized carbons (Fsp3) is 0.474. The van der Waals surface area contributed by atoms with Crippen molar-refractivity contribution in [3.05, 3.63) is 47.2 Å². The van der Waals surface area contributed by atoms with Crippen LogP contribution in [0.1, 0.15) is 45.1 Å². The van der Waals surface area contributed by atoms with Crippen LogP contribution >= 0.6 is 0 Å². The van der Waals surface area contributed by atoms with Gasteiger partial charge in [-0.15, -0.1) is 0 Å². The molecule has 23 heavy (non-hydrogen) atoms. The molecule has 0 amide bonds. The molecule has 0 radical (unpaired) electrons. The number of benzene rings is 1.